The quantitative estimate of drug-likeness (QED) is 0.0597. The highest BCUT2D eigenvalue weighted by molar-refractivity contribution is 5.88. The predicted octanol–water partition coefficient (Wildman–Crippen LogP) is 4.01. The molecule has 0 saturated heterocycles. The first kappa shape index (κ1) is 31.1. The van der Waals surface area contributed by atoms with Gasteiger partial charge in [-0.1, -0.05) is 62.8 Å². The van der Waals surface area contributed by atoms with Crippen molar-refractivity contribution in [3.63, 3.8) is 0 Å². The lowest BCUT2D eigenvalue weighted by Crippen LogP contribution is -2.30. The lowest BCUT2D eigenvalue weighted by molar-refractivity contribution is -0.768. The van der Waals surface area contributed by atoms with Crippen LogP contribution in [0.5, 0.6) is 0 Å². The molecule has 0 bridgehead atoms. The summed E-state index contributed by atoms with van der Waals surface area (Å²) in [4.78, 5) is 40.8. The van der Waals surface area contributed by atoms with Gasteiger partial charge in [-0.3, -0.25) is 4.79 Å². The fourth-order valence-electron chi connectivity index (χ4n) is 4.29. The minimum atomic E-state index is -1.26. The Bertz CT molecular complexity index is 713. The van der Waals surface area contributed by atoms with Crippen molar-refractivity contribution < 1.29 is 39.7 Å². The molecule has 1 aliphatic carbocycles. The Balaban J connectivity index is 2.35. The van der Waals surface area contributed by atoms with Crippen LogP contribution in [0.4, 0.5) is 0 Å². The van der Waals surface area contributed by atoms with Crippen LogP contribution < -0.4 is 0 Å². The summed E-state index contributed by atoms with van der Waals surface area (Å²) in [5, 5.41) is 41.4. The highest BCUT2D eigenvalue weighted by Gasteiger charge is 2.31. The van der Waals surface area contributed by atoms with Crippen LogP contribution in [0, 0.1) is 32.1 Å². The fraction of sp³-hybridized carbons (Fsp3) is 0.826. The van der Waals surface area contributed by atoms with Gasteiger partial charge in [0.1, 0.15) is 19.3 Å². The standard InChI is InChI=1S/C23H39N3O10/c1-2-3-6-9-19(27)14-12-18-13-15-22(24-29)21(18)10-7-4-5-8-11-23(28)36-20(16-34-25(30)31)17-35-26(32)33/h12,14,18-21,27,29H,2-11,13,15-17H2,1H3/b14-12+,24-22+/t18-,19-,21+/m0/s1. The summed E-state index contributed by atoms with van der Waals surface area (Å²) < 4.78 is 4.99. The molecule has 13 nitrogen and oxygen atoms in total. The molecule has 0 spiro atoms. The predicted molar refractivity (Wildman–Crippen MR) is 128 cm³/mol. The van der Waals surface area contributed by atoms with E-state index in [2.05, 4.69) is 27.8 Å². The van der Waals surface area contributed by atoms with Gasteiger partial charge in [-0.25, -0.2) is 0 Å². The summed E-state index contributed by atoms with van der Waals surface area (Å²) in [5.41, 5.74) is 0.786. The van der Waals surface area contributed by atoms with E-state index in [1.807, 2.05) is 6.08 Å². The van der Waals surface area contributed by atoms with Gasteiger partial charge in [0.25, 0.3) is 10.2 Å². The second-order valence-electron chi connectivity index (χ2n) is 8.95. The van der Waals surface area contributed by atoms with E-state index in [9.17, 15) is 35.3 Å². The third-order valence-electron chi connectivity index (χ3n) is 6.17. The second-order valence-corrected chi connectivity index (χ2v) is 8.95. The van der Waals surface area contributed by atoms with Crippen molar-refractivity contribution in [1.82, 2.24) is 0 Å². The maximum atomic E-state index is 12.0. The van der Waals surface area contributed by atoms with Crippen LogP contribution in [0.1, 0.15) is 84.0 Å². The number of ether oxygens (including phenoxy) is 1. The Morgan fingerprint density at radius 2 is 1.78 bits per heavy atom. The molecule has 0 aromatic rings. The van der Waals surface area contributed by atoms with Crippen LogP contribution in [0.15, 0.2) is 17.3 Å². The lowest BCUT2D eigenvalue weighted by atomic mass is 9.89. The van der Waals surface area contributed by atoms with Gasteiger partial charge in [0.2, 0.25) is 0 Å². The highest BCUT2D eigenvalue weighted by atomic mass is 17.0. The molecule has 36 heavy (non-hydrogen) atoms. The van der Waals surface area contributed by atoms with Gasteiger partial charge in [-0.05, 0) is 38.0 Å². The Kier molecular flexibility index (Phi) is 15.8. The molecule has 0 aromatic heterocycles. The third kappa shape index (κ3) is 13.8. The molecule has 206 valence electrons. The maximum absolute atomic E-state index is 12.0. The summed E-state index contributed by atoms with van der Waals surface area (Å²) >= 11 is 0. The van der Waals surface area contributed by atoms with Crippen LogP contribution >= 0.6 is 0 Å². The number of aliphatic hydroxyl groups excluding tert-OH is 1. The van der Waals surface area contributed by atoms with Gasteiger partial charge in [0, 0.05) is 12.3 Å². The average molecular weight is 518 g/mol. The second kappa shape index (κ2) is 18.3. The summed E-state index contributed by atoms with van der Waals surface area (Å²) in [5.74, 6) is -0.290. The maximum Gasteiger partial charge on any atom is 0.306 e. The van der Waals surface area contributed by atoms with Crippen molar-refractivity contribution in [3.05, 3.63) is 32.4 Å². The molecule has 0 unspecified atom stereocenters. The Labute approximate surface area is 210 Å². The molecule has 1 saturated carbocycles. The van der Waals surface area contributed by atoms with Crippen LogP contribution in [-0.2, 0) is 19.2 Å². The van der Waals surface area contributed by atoms with E-state index in [4.69, 9.17) is 4.74 Å². The highest BCUT2D eigenvalue weighted by Crippen LogP contribution is 2.35. The molecule has 0 aliphatic heterocycles. The summed E-state index contributed by atoms with van der Waals surface area (Å²) in [6, 6.07) is 0. The molecule has 3 atom stereocenters. The van der Waals surface area contributed by atoms with E-state index in [1.165, 1.54) is 0 Å². The number of esters is 1. The molecular formula is C23H39N3O10. The van der Waals surface area contributed by atoms with Crippen molar-refractivity contribution in [3.8, 4) is 0 Å². The number of hydrogen-bond donors (Lipinski definition) is 2. The molecule has 13 heteroatoms. The molecule has 0 amide bonds. The van der Waals surface area contributed by atoms with E-state index in [-0.39, 0.29) is 18.3 Å². The summed E-state index contributed by atoms with van der Waals surface area (Å²) in [6.07, 6.45) is 11.6. The van der Waals surface area contributed by atoms with E-state index in [1.54, 1.807) is 0 Å². The van der Waals surface area contributed by atoms with Crippen molar-refractivity contribution in [2.45, 2.75) is 96.2 Å². The molecule has 1 rings (SSSR count). The first-order valence-corrected chi connectivity index (χ1v) is 12.6. The number of aliphatic hydroxyl groups is 1. The summed E-state index contributed by atoms with van der Waals surface area (Å²) in [6.45, 7) is 0.806. The Hall–Kier alpha value is -2.96. The molecule has 0 heterocycles. The molecular weight excluding hydrogens is 478 g/mol. The first-order chi connectivity index (χ1) is 17.3. The van der Waals surface area contributed by atoms with Crippen molar-refractivity contribution in [2.75, 3.05) is 13.2 Å². The SMILES string of the molecule is CCCCC[C@H](O)/C=C/[C@H]1CC/C(=N\O)[C@@H]1CCCCCCC(=O)OC(CO[N+](=O)[O-])CO[N+](=O)[O-]. The topological polar surface area (TPSA) is 184 Å². The van der Waals surface area contributed by atoms with Gasteiger partial charge in [-0.2, -0.15) is 0 Å². The average Bonchev–Trinajstić information content (AvgIpc) is 3.23. The number of carbonyl (C=O) groups is 1. The molecule has 2 N–H and O–H groups in total. The molecule has 1 fully saturated rings. The zero-order valence-electron chi connectivity index (χ0n) is 20.9. The van der Waals surface area contributed by atoms with Crippen molar-refractivity contribution in [2.24, 2.45) is 17.0 Å². The Morgan fingerprint density at radius 1 is 1.11 bits per heavy atom. The van der Waals surface area contributed by atoms with Crippen molar-refractivity contribution >= 4 is 11.7 Å². The van der Waals surface area contributed by atoms with Crippen LogP contribution in [0.2, 0.25) is 0 Å². The van der Waals surface area contributed by atoms with Gasteiger partial charge in [0.05, 0.1) is 11.8 Å². The summed E-state index contributed by atoms with van der Waals surface area (Å²) in [7, 11) is 0. The Morgan fingerprint density at radius 3 is 2.39 bits per heavy atom. The number of hydrogen-bond acceptors (Lipinski definition) is 11. The smallest absolute Gasteiger partial charge is 0.306 e. The van der Waals surface area contributed by atoms with E-state index in [0.29, 0.717) is 6.42 Å². The molecule has 0 radical (unpaired) electrons. The monoisotopic (exact) mass is 517 g/mol. The molecule has 0 aromatic carbocycles. The van der Waals surface area contributed by atoms with Gasteiger partial charge in [0.15, 0.2) is 0 Å². The number of oxime groups is 1. The van der Waals surface area contributed by atoms with Crippen molar-refractivity contribution in [1.29, 1.82) is 0 Å². The van der Waals surface area contributed by atoms with E-state index < -0.39 is 41.6 Å². The number of unbranched alkanes of at least 4 members (excludes halogenated alkanes) is 5. The number of rotatable bonds is 20. The minimum absolute atomic E-state index is 0.0570. The first-order valence-electron chi connectivity index (χ1n) is 12.6. The minimum Gasteiger partial charge on any atom is -0.458 e. The van der Waals surface area contributed by atoms with Crippen LogP contribution in [0.25, 0.3) is 0 Å². The van der Waals surface area contributed by atoms with Gasteiger partial charge in [-0.15, -0.1) is 20.2 Å². The number of allylic oxidation sites excluding steroid dienone is 1. The van der Waals surface area contributed by atoms with E-state index >= 15 is 0 Å². The fourth-order valence-corrected chi connectivity index (χ4v) is 4.29. The van der Waals surface area contributed by atoms with Crippen LogP contribution in [0.3, 0.4) is 0 Å². The molecule has 1 aliphatic rings. The third-order valence-corrected chi connectivity index (χ3v) is 6.17. The van der Waals surface area contributed by atoms with Gasteiger partial charge < -0.3 is 24.7 Å². The van der Waals surface area contributed by atoms with Crippen LogP contribution in [-0.4, -0.2) is 57.6 Å². The van der Waals surface area contributed by atoms with E-state index in [0.717, 1.165) is 69.9 Å². The zero-order valence-corrected chi connectivity index (χ0v) is 20.9. The number of nitrogens with zero attached hydrogens (tertiary/aromatic N) is 3. The number of carbonyl (C=O) groups excluding carboxylic acids is 1. The lowest BCUT2D eigenvalue weighted by Gasteiger charge is -2.17. The largest absolute Gasteiger partial charge is 0.458 e. The zero-order chi connectivity index (χ0) is 26.8. The normalized spacial score (nSPS) is 19.6. The van der Waals surface area contributed by atoms with Gasteiger partial charge >= 0.3 is 5.97 Å².